The topological polar surface area (TPSA) is 49.3 Å². The Labute approximate surface area is 78.8 Å². The van der Waals surface area contributed by atoms with E-state index in [4.69, 9.17) is 0 Å². The van der Waals surface area contributed by atoms with E-state index < -0.39 is 5.60 Å². The highest BCUT2D eigenvalue weighted by Crippen LogP contribution is 2.12. The normalized spacial score (nSPS) is 17.5. The summed E-state index contributed by atoms with van der Waals surface area (Å²) in [7, 11) is 0. The fourth-order valence-electron chi connectivity index (χ4n) is 1.26. The summed E-state index contributed by atoms with van der Waals surface area (Å²) in [5, 5.41) is 12.6. The van der Waals surface area contributed by atoms with Gasteiger partial charge < -0.3 is 10.4 Å². The largest absolute Gasteiger partial charge is 0.390 e. The first-order valence-electron chi connectivity index (χ1n) is 4.67. The standard InChI is InChI=1S/C10H17NO2/c1-10(2,13)5-6-11-8-3-4-9(12)7-8/h7,11,13H,3-6H2,1-2H3. The van der Waals surface area contributed by atoms with E-state index in [1.165, 1.54) is 0 Å². The summed E-state index contributed by atoms with van der Waals surface area (Å²) in [6.07, 6.45) is 3.80. The number of allylic oxidation sites excluding steroid dienone is 2. The molecule has 13 heavy (non-hydrogen) atoms. The number of hydrogen-bond acceptors (Lipinski definition) is 3. The number of hydrogen-bond donors (Lipinski definition) is 2. The van der Waals surface area contributed by atoms with Crippen molar-refractivity contribution in [2.75, 3.05) is 6.54 Å². The zero-order chi connectivity index (χ0) is 9.90. The number of carbonyl (C=O) groups excluding carboxylic acids is 1. The van der Waals surface area contributed by atoms with E-state index in [0.717, 1.165) is 18.7 Å². The number of ketones is 1. The van der Waals surface area contributed by atoms with Crippen LogP contribution in [0.2, 0.25) is 0 Å². The quantitative estimate of drug-likeness (QED) is 0.683. The van der Waals surface area contributed by atoms with E-state index >= 15 is 0 Å². The predicted octanol–water partition coefficient (Wildman–Crippen LogP) is 0.984. The molecule has 74 valence electrons. The molecule has 1 aliphatic carbocycles. The summed E-state index contributed by atoms with van der Waals surface area (Å²) < 4.78 is 0. The summed E-state index contributed by atoms with van der Waals surface area (Å²) in [4.78, 5) is 10.8. The Balaban J connectivity index is 2.20. The molecule has 3 nitrogen and oxygen atoms in total. The highest BCUT2D eigenvalue weighted by molar-refractivity contribution is 5.92. The van der Waals surface area contributed by atoms with Crippen LogP contribution in [0.3, 0.4) is 0 Å². The van der Waals surface area contributed by atoms with Crippen molar-refractivity contribution in [2.45, 2.75) is 38.7 Å². The lowest BCUT2D eigenvalue weighted by Gasteiger charge is -2.17. The Hall–Kier alpha value is -0.830. The molecular formula is C10H17NO2. The fourth-order valence-corrected chi connectivity index (χ4v) is 1.26. The van der Waals surface area contributed by atoms with Gasteiger partial charge in [0.05, 0.1) is 5.60 Å². The minimum Gasteiger partial charge on any atom is -0.390 e. The molecule has 0 amide bonds. The van der Waals surface area contributed by atoms with Crippen LogP contribution in [0, 0.1) is 0 Å². The van der Waals surface area contributed by atoms with Crippen LogP contribution in [-0.2, 0) is 4.79 Å². The summed E-state index contributed by atoms with van der Waals surface area (Å²) in [5.74, 6) is 0.200. The third kappa shape index (κ3) is 4.08. The zero-order valence-electron chi connectivity index (χ0n) is 8.26. The van der Waals surface area contributed by atoms with E-state index in [0.29, 0.717) is 12.8 Å². The molecule has 0 atom stereocenters. The molecule has 0 saturated heterocycles. The van der Waals surface area contributed by atoms with Gasteiger partial charge in [-0.2, -0.15) is 0 Å². The van der Waals surface area contributed by atoms with Gasteiger partial charge in [-0.3, -0.25) is 4.79 Å². The number of nitrogens with one attached hydrogen (secondary N) is 1. The molecule has 1 aliphatic rings. The lowest BCUT2D eigenvalue weighted by molar-refractivity contribution is -0.114. The van der Waals surface area contributed by atoms with Crippen molar-refractivity contribution < 1.29 is 9.90 Å². The first kappa shape index (κ1) is 10.3. The van der Waals surface area contributed by atoms with Crippen molar-refractivity contribution in [3.05, 3.63) is 11.8 Å². The zero-order valence-corrected chi connectivity index (χ0v) is 8.26. The van der Waals surface area contributed by atoms with Gasteiger partial charge in [0.2, 0.25) is 0 Å². The molecule has 0 aliphatic heterocycles. The van der Waals surface area contributed by atoms with Crippen LogP contribution in [0.25, 0.3) is 0 Å². The van der Waals surface area contributed by atoms with Crippen molar-refractivity contribution in [3.8, 4) is 0 Å². The van der Waals surface area contributed by atoms with Crippen LogP contribution < -0.4 is 5.32 Å². The van der Waals surface area contributed by atoms with Gasteiger partial charge >= 0.3 is 0 Å². The van der Waals surface area contributed by atoms with Gasteiger partial charge in [0.15, 0.2) is 5.78 Å². The van der Waals surface area contributed by atoms with Gasteiger partial charge in [-0.1, -0.05) is 0 Å². The monoisotopic (exact) mass is 183 g/mol. The van der Waals surface area contributed by atoms with Crippen LogP contribution in [0.15, 0.2) is 11.8 Å². The maximum atomic E-state index is 10.8. The van der Waals surface area contributed by atoms with E-state index in [9.17, 15) is 9.90 Å². The third-order valence-corrected chi connectivity index (χ3v) is 2.06. The minimum absolute atomic E-state index is 0.200. The lowest BCUT2D eigenvalue weighted by atomic mass is 10.1. The number of rotatable bonds is 4. The van der Waals surface area contributed by atoms with Gasteiger partial charge in [-0.05, 0) is 26.7 Å². The maximum absolute atomic E-state index is 10.8. The Kier molecular flexibility index (Phi) is 3.09. The fraction of sp³-hybridized carbons (Fsp3) is 0.700. The van der Waals surface area contributed by atoms with Crippen LogP contribution >= 0.6 is 0 Å². The molecule has 0 spiro atoms. The highest BCUT2D eigenvalue weighted by atomic mass is 16.3. The smallest absolute Gasteiger partial charge is 0.157 e. The molecule has 0 bridgehead atoms. The summed E-state index contributed by atoms with van der Waals surface area (Å²) in [5.41, 5.74) is 0.380. The van der Waals surface area contributed by atoms with Gasteiger partial charge in [0.1, 0.15) is 0 Å². The molecule has 0 aromatic heterocycles. The second-order valence-corrected chi connectivity index (χ2v) is 4.13. The van der Waals surface area contributed by atoms with Crippen LogP contribution in [0.5, 0.6) is 0 Å². The van der Waals surface area contributed by atoms with Crippen molar-refractivity contribution in [1.82, 2.24) is 5.32 Å². The molecule has 0 saturated carbocycles. The second kappa shape index (κ2) is 3.92. The Morgan fingerprint density at radius 2 is 2.23 bits per heavy atom. The molecule has 1 rings (SSSR count). The minimum atomic E-state index is -0.629. The van der Waals surface area contributed by atoms with Crippen molar-refractivity contribution in [1.29, 1.82) is 0 Å². The second-order valence-electron chi connectivity index (χ2n) is 4.13. The van der Waals surface area contributed by atoms with Crippen molar-refractivity contribution in [2.24, 2.45) is 0 Å². The highest BCUT2D eigenvalue weighted by Gasteiger charge is 2.14. The molecule has 2 N–H and O–H groups in total. The summed E-state index contributed by atoms with van der Waals surface area (Å²) >= 11 is 0. The third-order valence-electron chi connectivity index (χ3n) is 2.06. The first-order chi connectivity index (χ1) is 5.97. The lowest BCUT2D eigenvalue weighted by Crippen LogP contribution is -2.26. The average molecular weight is 183 g/mol. The summed E-state index contributed by atoms with van der Waals surface area (Å²) in [6.45, 7) is 4.29. The molecule has 0 radical (unpaired) electrons. The SMILES string of the molecule is CC(C)(O)CCNC1=CC(=O)CC1. The van der Waals surface area contributed by atoms with Gasteiger partial charge in [-0.15, -0.1) is 0 Å². The molecule has 0 heterocycles. The van der Waals surface area contributed by atoms with E-state index in [2.05, 4.69) is 5.32 Å². The van der Waals surface area contributed by atoms with Crippen LogP contribution in [-0.4, -0.2) is 23.0 Å². The van der Waals surface area contributed by atoms with Gasteiger partial charge in [0, 0.05) is 24.7 Å². The van der Waals surface area contributed by atoms with E-state index in [1.807, 2.05) is 0 Å². The summed E-state index contributed by atoms with van der Waals surface area (Å²) in [6, 6.07) is 0. The maximum Gasteiger partial charge on any atom is 0.157 e. The molecule has 0 fully saturated rings. The molecule has 0 aromatic rings. The average Bonchev–Trinajstić information content (AvgIpc) is 2.33. The Morgan fingerprint density at radius 3 is 2.69 bits per heavy atom. The molecule has 0 aromatic carbocycles. The van der Waals surface area contributed by atoms with Gasteiger partial charge in [0.25, 0.3) is 0 Å². The molecular weight excluding hydrogens is 166 g/mol. The van der Waals surface area contributed by atoms with Crippen molar-refractivity contribution in [3.63, 3.8) is 0 Å². The van der Waals surface area contributed by atoms with Crippen LogP contribution in [0.4, 0.5) is 0 Å². The first-order valence-corrected chi connectivity index (χ1v) is 4.67. The molecule has 0 unspecified atom stereocenters. The van der Waals surface area contributed by atoms with Crippen LogP contribution in [0.1, 0.15) is 33.1 Å². The Bertz CT molecular complexity index is 226. The number of carbonyl (C=O) groups is 1. The van der Waals surface area contributed by atoms with Crippen molar-refractivity contribution >= 4 is 5.78 Å². The van der Waals surface area contributed by atoms with E-state index in [-0.39, 0.29) is 5.78 Å². The Morgan fingerprint density at radius 1 is 1.54 bits per heavy atom. The van der Waals surface area contributed by atoms with E-state index in [1.54, 1.807) is 19.9 Å². The molecule has 3 heteroatoms. The predicted molar refractivity (Wildman–Crippen MR) is 51.2 cm³/mol. The van der Waals surface area contributed by atoms with Gasteiger partial charge in [-0.25, -0.2) is 0 Å². The number of aliphatic hydroxyl groups is 1.